The number of alkyl halides is 3. The summed E-state index contributed by atoms with van der Waals surface area (Å²) in [6.45, 7) is 1.43. The fourth-order valence-electron chi connectivity index (χ4n) is 1.81. The van der Waals surface area contributed by atoms with Crippen LogP contribution in [-0.4, -0.2) is 28.6 Å². The molecule has 0 spiro atoms. The van der Waals surface area contributed by atoms with Crippen molar-refractivity contribution in [1.82, 2.24) is 10.3 Å². The van der Waals surface area contributed by atoms with Crippen molar-refractivity contribution in [3.63, 3.8) is 0 Å². The van der Waals surface area contributed by atoms with Gasteiger partial charge >= 0.3 is 6.18 Å². The molecule has 2 aromatic rings. The van der Waals surface area contributed by atoms with Gasteiger partial charge in [-0.05, 0) is 59.3 Å². The van der Waals surface area contributed by atoms with Gasteiger partial charge in [-0.15, -0.1) is 0 Å². The third-order valence-electron chi connectivity index (χ3n) is 3.11. The Balaban J connectivity index is 2.12. The standard InChI is InChI=1S/C16H14BrF3N2O3/c1-9(8-23)21-15(24)12-6-7-13(14(17)22-12)25-11-4-2-10(3-5-11)16(18,19)20/h2-7,9,23H,8H2,1H3,(H,21,24). The molecule has 2 N–H and O–H groups in total. The highest BCUT2D eigenvalue weighted by Gasteiger charge is 2.30. The van der Waals surface area contributed by atoms with E-state index in [9.17, 15) is 18.0 Å². The molecule has 0 saturated carbocycles. The van der Waals surface area contributed by atoms with Gasteiger partial charge < -0.3 is 15.2 Å². The highest BCUT2D eigenvalue weighted by molar-refractivity contribution is 9.10. The van der Waals surface area contributed by atoms with E-state index in [4.69, 9.17) is 9.84 Å². The number of ether oxygens (including phenoxy) is 1. The molecule has 25 heavy (non-hydrogen) atoms. The lowest BCUT2D eigenvalue weighted by atomic mass is 10.2. The van der Waals surface area contributed by atoms with Crippen LogP contribution in [0.4, 0.5) is 13.2 Å². The first-order valence-corrected chi connectivity index (χ1v) is 7.93. The number of nitrogens with one attached hydrogen (secondary N) is 1. The van der Waals surface area contributed by atoms with Crippen molar-refractivity contribution in [2.75, 3.05) is 6.61 Å². The quantitative estimate of drug-likeness (QED) is 0.725. The van der Waals surface area contributed by atoms with Crippen molar-refractivity contribution in [3.05, 3.63) is 52.3 Å². The fraction of sp³-hybridized carbons (Fsp3) is 0.250. The van der Waals surface area contributed by atoms with Crippen LogP contribution in [0.5, 0.6) is 11.5 Å². The normalized spacial score (nSPS) is 12.6. The lowest BCUT2D eigenvalue weighted by molar-refractivity contribution is -0.137. The lowest BCUT2D eigenvalue weighted by Gasteiger charge is -2.12. The molecule has 0 aliphatic rings. The smallest absolute Gasteiger partial charge is 0.416 e. The minimum Gasteiger partial charge on any atom is -0.455 e. The summed E-state index contributed by atoms with van der Waals surface area (Å²) < 4.78 is 43.3. The van der Waals surface area contributed by atoms with E-state index in [1.807, 2.05) is 0 Å². The Kier molecular flexibility index (Phi) is 6.02. The largest absolute Gasteiger partial charge is 0.455 e. The predicted molar refractivity (Wildman–Crippen MR) is 87.5 cm³/mol. The number of carbonyl (C=O) groups excluding carboxylic acids is 1. The maximum Gasteiger partial charge on any atom is 0.416 e. The van der Waals surface area contributed by atoms with Gasteiger partial charge in [0.25, 0.3) is 5.91 Å². The molecule has 1 heterocycles. The van der Waals surface area contributed by atoms with E-state index in [1.165, 1.54) is 24.3 Å². The summed E-state index contributed by atoms with van der Waals surface area (Å²) in [6.07, 6.45) is -4.42. The van der Waals surface area contributed by atoms with E-state index in [-0.39, 0.29) is 28.4 Å². The minimum atomic E-state index is -4.42. The number of carbonyl (C=O) groups is 1. The van der Waals surface area contributed by atoms with E-state index in [0.717, 1.165) is 12.1 Å². The lowest BCUT2D eigenvalue weighted by Crippen LogP contribution is -2.35. The van der Waals surface area contributed by atoms with Crippen molar-refractivity contribution in [1.29, 1.82) is 0 Å². The topological polar surface area (TPSA) is 71.5 Å². The molecular formula is C16H14BrF3N2O3. The number of hydrogen-bond donors (Lipinski definition) is 2. The van der Waals surface area contributed by atoms with Gasteiger partial charge in [-0.2, -0.15) is 13.2 Å². The van der Waals surface area contributed by atoms with Crippen molar-refractivity contribution >= 4 is 21.8 Å². The van der Waals surface area contributed by atoms with Crippen molar-refractivity contribution in [2.24, 2.45) is 0 Å². The second kappa shape index (κ2) is 7.83. The number of benzene rings is 1. The molecular weight excluding hydrogens is 405 g/mol. The monoisotopic (exact) mass is 418 g/mol. The molecule has 134 valence electrons. The first-order valence-electron chi connectivity index (χ1n) is 7.14. The first kappa shape index (κ1) is 19.2. The molecule has 1 aromatic heterocycles. The van der Waals surface area contributed by atoms with E-state index in [1.54, 1.807) is 6.92 Å². The zero-order chi connectivity index (χ0) is 18.6. The third kappa shape index (κ3) is 5.17. The molecule has 0 radical (unpaired) electrons. The van der Waals surface area contributed by atoms with Crippen LogP contribution in [-0.2, 0) is 6.18 Å². The summed E-state index contributed by atoms with van der Waals surface area (Å²) in [7, 11) is 0. The number of pyridine rings is 1. The number of aliphatic hydroxyl groups excluding tert-OH is 1. The van der Waals surface area contributed by atoms with Gasteiger partial charge in [0.2, 0.25) is 0 Å². The van der Waals surface area contributed by atoms with Crippen molar-refractivity contribution in [3.8, 4) is 11.5 Å². The number of aromatic nitrogens is 1. The van der Waals surface area contributed by atoms with Crippen LogP contribution in [0.25, 0.3) is 0 Å². The van der Waals surface area contributed by atoms with Gasteiger partial charge in [-0.1, -0.05) is 0 Å². The Bertz CT molecular complexity index is 751. The van der Waals surface area contributed by atoms with Crippen LogP contribution in [0, 0.1) is 0 Å². The summed E-state index contributed by atoms with van der Waals surface area (Å²) in [4.78, 5) is 15.9. The molecule has 1 atom stereocenters. The number of halogens is 4. The van der Waals surface area contributed by atoms with Crippen LogP contribution in [0.2, 0.25) is 0 Å². The predicted octanol–water partition coefficient (Wildman–Crippen LogP) is 3.77. The van der Waals surface area contributed by atoms with Gasteiger partial charge in [-0.3, -0.25) is 4.79 Å². The Morgan fingerprint density at radius 2 is 1.92 bits per heavy atom. The van der Waals surface area contributed by atoms with Gasteiger partial charge in [0.15, 0.2) is 5.75 Å². The third-order valence-corrected chi connectivity index (χ3v) is 3.68. The molecule has 0 fully saturated rings. The van der Waals surface area contributed by atoms with Gasteiger partial charge in [0, 0.05) is 6.04 Å². The molecule has 0 saturated heterocycles. The Labute approximate surface area is 150 Å². The van der Waals surface area contributed by atoms with Crippen molar-refractivity contribution < 1.29 is 27.8 Å². The summed E-state index contributed by atoms with van der Waals surface area (Å²) >= 11 is 3.16. The average molecular weight is 419 g/mol. The van der Waals surface area contributed by atoms with Crippen LogP contribution >= 0.6 is 15.9 Å². The van der Waals surface area contributed by atoms with Gasteiger partial charge in [0.1, 0.15) is 16.0 Å². The second-order valence-corrected chi connectivity index (χ2v) is 5.92. The van der Waals surface area contributed by atoms with Gasteiger partial charge in [-0.25, -0.2) is 4.98 Å². The molecule has 0 aliphatic heterocycles. The van der Waals surface area contributed by atoms with E-state index in [0.29, 0.717) is 0 Å². The summed E-state index contributed by atoms with van der Waals surface area (Å²) in [6, 6.07) is 6.66. The van der Waals surface area contributed by atoms with Crippen LogP contribution in [0.1, 0.15) is 23.0 Å². The summed E-state index contributed by atoms with van der Waals surface area (Å²) in [5, 5.41) is 11.5. The molecule has 5 nitrogen and oxygen atoms in total. The molecule has 1 aromatic carbocycles. The molecule has 0 aliphatic carbocycles. The number of rotatable bonds is 5. The number of amides is 1. The molecule has 1 unspecified atom stereocenters. The minimum absolute atomic E-state index is 0.104. The highest BCUT2D eigenvalue weighted by Crippen LogP contribution is 2.32. The second-order valence-electron chi connectivity index (χ2n) is 5.17. The number of aliphatic hydroxyl groups is 1. The van der Waals surface area contributed by atoms with E-state index in [2.05, 4.69) is 26.2 Å². The Morgan fingerprint density at radius 3 is 2.44 bits per heavy atom. The Hall–Kier alpha value is -2.13. The molecule has 1 amide bonds. The van der Waals surface area contributed by atoms with Gasteiger partial charge in [0.05, 0.1) is 12.2 Å². The average Bonchev–Trinajstić information content (AvgIpc) is 2.56. The molecule has 0 bridgehead atoms. The highest BCUT2D eigenvalue weighted by atomic mass is 79.9. The van der Waals surface area contributed by atoms with E-state index >= 15 is 0 Å². The number of nitrogens with zero attached hydrogens (tertiary/aromatic N) is 1. The van der Waals surface area contributed by atoms with Crippen LogP contribution in [0.15, 0.2) is 41.0 Å². The zero-order valence-electron chi connectivity index (χ0n) is 13.0. The first-order chi connectivity index (χ1) is 11.7. The number of hydrogen-bond acceptors (Lipinski definition) is 4. The summed E-state index contributed by atoms with van der Waals surface area (Å²) in [5.41, 5.74) is -0.672. The van der Waals surface area contributed by atoms with E-state index < -0.39 is 23.7 Å². The maximum absolute atomic E-state index is 12.5. The Morgan fingerprint density at radius 1 is 1.28 bits per heavy atom. The summed E-state index contributed by atoms with van der Waals surface area (Å²) in [5.74, 6) is -0.0311. The SMILES string of the molecule is CC(CO)NC(=O)c1ccc(Oc2ccc(C(F)(F)F)cc2)c(Br)n1. The molecule has 2 rings (SSSR count). The fourth-order valence-corrected chi connectivity index (χ4v) is 2.21. The zero-order valence-corrected chi connectivity index (χ0v) is 14.6. The van der Waals surface area contributed by atoms with Crippen LogP contribution in [0.3, 0.4) is 0 Å². The van der Waals surface area contributed by atoms with Crippen LogP contribution < -0.4 is 10.1 Å². The maximum atomic E-state index is 12.5. The van der Waals surface area contributed by atoms with Crippen molar-refractivity contribution in [2.45, 2.75) is 19.1 Å². The molecule has 9 heteroatoms.